The van der Waals surface area contributed by atoms with Crippen molar-refractivity contribution in [1.29, 1.82) is 0 Å². The van der Waals surface area contributed by atoms with Crippen molar-refractivity contribution in [2.24, 2.45) is 0 Å². The predicted molar refractivity (Wildman–Crippen MR) is 69.8 cm³/mol. The SMILES string of the molecule is CNCCCCn1cc(C)c2ccccc21. The Hall–Kier alpha value is -1.28. The van der Waals surface area contributed by atoms with Crippen LogP contribution in [-0.2, 0) is 6.54 Å². The van der Waals surface area contributed by atoms with Crippen molar-refractivity contribution in [3.05, 3.63) is 36.0 Å². The number of nitrogens with one attached hydrogen (secondary N) is 1. The lowest BCUT2D eigenvalue weighted by Crippen LogP contribution is -2.08. The van der Waals surface area contributed by atoms with E-state index in [2.05, 4.69) is 47.3 Å². The molecule has 0 aliphatic rings. The molecule has 0 atom stereocenters. The highest BCUT2D eigenvalue weighted by molar-refractivity contribution is 5.83. The van der Waals surface area contributed by atoms with E-state index in [-0.39, 0.29) is 0 Å². The Morgan fingerprint density at radius 3 is 2.81 bits per heavy atom. The van der Waals surface area contributed by atoms with E-state index in [1.54, 1.807) is 0 Å². The lowest BCUT2D eigenvalue weighted by atomic mass is 10.2. The molecule has 0 fully saturated rings. The first-order valence-corrected chi connectivity index (χ1v) is 6.02. The quantitative estimate of drug-likeness (QED) is 0.760. The van der Waals surface area contributed by atoms with Gasteiger partial charge in [0.25, 0.3) is 0 Å². The first-order valence-electron chi connectivity index (χ1n) is 6.02. The molecule has 2 nitrogen and oxygen atoms in total. The first-order chi connectivity index (χ1) is 7.83. The lowest BCUT2D eigenvalue weighted by molar-refractivity contribution is 0.602. The van der Waals surface area contributed by atoms with Crippen LogP contribution in [0.25, 0.3) is 10.9 Å². The number of unbranched alkanes of at least 4 members (excludes halogenated alkanes) is 1. The van der Waals surface area contributed by atoms with Crippen LogP contribution in [0.15, 0.2) is 30.5 Å². The Labute approximate surface area is 97.3 Å². The highest BCUT2D eigenvalue weighted by Gasteiger charge is 2.03. The molecule has 0 bridgehead atoms. The fourth-order valence-corrected chi connectivity index (χ4v) is 2.20. The fraction of sp³-hybridized carbons (Fsp3) is 0.429. The zero-order valence-corrected chi connectivity index (χ0v) is 10.2. The second kappa shape index (κ2) is 5.17. The van der Waals surface area contributed by atoms with Crippen LogP contribution in [-0.4, -0.2) is 18.2 Å². The zero-order valence-electron chi connectivity index (χ0n) is 10.2. The highest BCUT2D eigenvalue weighted by Crippen LogP contribution is 2.20. The summed E-state index contributed by atoms with van der Waals surface area (Å²) < 4.78 is 2.38. The van der Waals surface area contributed by atoms with E-state index in [9.17, 15) is 0 Å². The summed E-state index contributed by atoms with van der Waals surface area (Å²) in [5, 5.41) is 4.57. The molecule has 86 valence electrons. The summed E-state index contributed by atoms with van der Waals surface area (Å²) in [6.45, 7) is 4.42. The second-order valence-electron chi connectivity index (χ2n) is 4.33. The molecular weight excluding hydrogens is 196 g/mol. The van der Waals surface area contributed by atoms with E-state index in [0.29, 0.717) is 0 Å². The summed E-state index contributed by atoms with van der Waals surface area (Å²) in [7, 11) is 2.01. The molecule has 1 heterocycles. The number of para-hydroxylation sites is 1. The minimum absolute atomic E-state index is 1.11. The Morgan fingerprint density at radius 2 is 2.00 bits per heavy atom. The molecule has 16 heavy (non-hydrogen) atoms. The third-order valence-electron chi connectivity index (χ3n) is 3.06. The molecule has 2 rings (SSSR count). The van der Waals surface area contributed by atoms with Crippen molar-refractivity contribution >= 4 is 10.9 Å². The maximum atomic E-state index is 3.19. The maximum absolute atomic E-state index is 3.19. The van der Waals surface area contributed by atoms with Crippen molar-refractivity contribution in [2.75, 3.05) is 13.6 Å². The molecule has 0 spiro atoms. The second-order valence-corrected chi connectivity index (χ2v) is 4.33. The smallest absolute Gasteiger partial charge is 0.0483 e. The Balaban J connectivity index is 2.12. The molecule has 0 radical (unpaired) electrons. The van der Waals surface area contributed by atoms with Gasteiger partial charge in [0.1, 0.15) is 0 Å². The maximum Gasteiger partial charge on any atom is 0.0483 e. The van der Waals surface area contributed by atoms with Gasteiger partial charge in [0.15, 0.2) is 0 Å². The molecule has 0 saturated heterocycles. The van der Waals surface area contributed by atoms with Crippen molar-refractivity contribution < 1.29 is 0 Å². The molecule has 0 saturated carbocycles. The monoisotopic (exact) mass is 216 g/mol. The molecule has 2 heteroatoms. The highest BCUT2D eigenvalue weighted by atomic mass is 15.0. The number of aryl methyl sites for hydroxylation is 2. The van der Waals surface area contributed by atoms with Crippen molar-refractivity contribution in [1.82, 2.24) is 9.88 Å². The first kappa shape index (κ1) is 11.2. The van der Waals surface area contributed by atoms with Gasteiger partial charge in [-0.05, 0) is 45.0 Å². The summed E-state index contributed by atoms with van der Waals surface area (Å²) in [5.74, 6) is 0. The predicted octanol–water partition coefficient (Wildman–Crippen LogP) is 2.95. The number of fused-ring (bicyclic) bond motifs is 1. The molecule has 1 aromatic carbocycles. The molecule has 0 aliphatic carbocycles. The summed E-state index contributed by atoms with van der Waals surface area (Å²) >= 11 is 0. The van der Waals surface area contributed by atoms with E-state index in [1.807, 2.05) is 7.05 Å². The molecule has 1 aromatic heterocycles. The molecule has 0 aliphatic heterocycles. The minimum atomic E-state index is 1.11. The van der Waals surface area contributed by atoms with Crippen molar-refractivity contribution in [3.63, 3.8) is 0 Å². The van der Waals surface area contributed by atoms with Gasteiger partial charge in [0.05, 0.1) is 0 Å². The summed E-state index contributed by atoms with van der Waals surface area (Å²) in [5.41, 5.74) is 2.74. The van der Waals surface area contributed by atoms with Gasteiger partial charge in [-0.1, -0.05) is 18.2 Å². The van der Waals surface area contributed by atoms with Gasteiger partial charge < -0.3 is 9.88 Å². The van der Waals surface area contributed by atoms with Gasteiger partial charge in [-0.25, -0.2) is 0 Å². The number of hydrogen-bond acceptors (Lipinski definition) is 1. The van der Waals surface area contributed by atoms with E-state index in [0.717, 1.165) is 13.1 Å². The Kier molecular flexibility index (Phi) is 3.62. The number of benzene rings is 1. The van der Waals surface area contributed by atoms with Crippen LogP contribution in [0.1, 0.15) is 18.4 Å². The number of hydrogen-bond donors (Lipinski definition) is 1. The largest absolute Gasteiger partial charge is 0.347 e. The molecule has 0 amide bonds. The lowest BCUT2D eigenvalue weighted by Gasteiger charge is -2.04. The van der Waals surface area contributed by atoms with E-state index < -0.39 is 0 Å². The van der Waals surface area contributed by atoms with E-state index in [1.165, 1.54) is 29.3 Å². The van der Waals surface area contributed by atoms with E-state index >= 15 is 0 Å². The third kappa shape index (κ3) is 2.27. The standard InChI is InChI=1S/C14H20N2/c1-12-11-16(10-6-5-9-15-2)14-8-4-3-7-13(12)14/h3-4,7-8,11,15H,5-6,9-10H2,1-2H3. The van der Waals surface area contributed by atoms with Crippen LogP contribution in [0.4, 0.5) is 0 Å². The van der Waals surface area contributed by atoms with Gasteiger partial charge in [0.2, 0.25) is 0 Å². The van der Waals surface area contributed by atoms with Crippen LogP contribution in [0.5, 0.6) is 0 Å². The zero-order chi connectivity index (χ0) is 11.4. The average molecular weight is 216 g/mol. The number of rotatable bonds is 5. The van der Waals surface area contributed by atoms with Crippen LogP contribution < -0.4 is 5.32 Å². The molecule has 0 unspecified atom stereocenters. The molecule has 1 N–H and O–H groups in total. The van der Waals surface area contributed by atoms with Gasteiger partial charge >= 0.3 is 0 Å². The number of nitrogens with zero attached hydrogens (tertiary/aromatic N) is 1. The van der Waals surface area contributed by atoms with Crippen molar-refractivity contribution in [2.45, 2.75) is 26.3 Å². The third-order valence-corrected chi connectivity index (χ3v) is 3.06. The van der Waals surface area contributed by atoms with Crippen LogP contribution in [0.3, 0.4) is 0 Å². The van der Waals surface area contributed by atoms with Crippen LogP contribution in [0.2, 0.25) is 0 Å². The van der Waals surface area contributed by atoms with E-state index in [4.69, 9.17) is 0 Å². The fourth-order valence-electron chi connectivity index (χ4n) is 2.20. The van der Waals surface area contributed by atoms with Crippen LogP contribution in [0, 0.1) is 6.92 Å². The normalized spacial score (nSPS) is 11.1. The summed E-state index contributed by atoms with van der Waals surface area (Å²) in [6.07, 6.45) is 4.74. The molecular formula is C14H20N2. The Morgan fingerprint density at radius 1 is 1.19 bits per heavy atom. The van der Waals surface area contributed by atoms with Gasteiger partial charge in [-0.3, -0.25) is 0 Å². The van der Waals surface area contributed by atoms with Crippen molar-refractivity contribution in [3.8, 4) is 0 Å². The van der Waals surface area contributed by atoms with Gasteiger partial charge in [0, 0.05) is 23.6 Å². The van der Waals surface area contributed by atoms with Crippen LogP contribution >= 0.6 is 0 Å². The number of aromatic nitrogens is 1. The summed E-state index contributed by atoms with van der Waals surface area (Å²) in [4.78, 5) is 0. The minimum Gasteiger partial charge on any atom is -0.347 e. The average Bonchev–Trinajstić information content (AvgIpc) is 2.63. The Bertz CT molecular complexity index is 457. The topological polar surface area (TPSA) is 17.0 Å². The van der Waals surface area contributed by atoms with Gasteiger partial charge in [-0.2, -0.15) is 0 Å². The van der Waals surface area contributed by atoms with Gasteiger partial charge in [-0.15, -0.1) is 0 Å². The summed E-state index contributed by atoms with van der Waals surface area (Å²) in [6, 6.07) is 8.64. The molecule has 2 aromatic rings.